The molecule has 162 valence electrons. The number of carboxylic acid groups (broad SMARTS) is 1. The smallest absolute Gasteiger partial charge is 0.323 e. The summed E-state index contributed by atoms with van der Waals surface area (Å²) < 4.78 is 12.5. The summed E-state index contributed by atoms with van der Waals surface area (Å²) in [6, 6.07) is 10.8. The maximum absolute atomic E-state index is 12.4. The molecule has 10 heteroatoms. The van der Waals surface area contributed by atoms with Crippen molar-refractivity contribution in [3.8, 4) is 11.5 Å². The van der Waals surface area contributed by atoms with E-state index in [9.17, 15) is 14.4 Å². The van der Waals surface area contributed by atoms with Crippen molar-refractivity contribution in [1.82, 2.24) is 4.90 Å². The highest BCUT2D eigenvalue weighted by Gasteiger charge is 2.36. The fourth-order valence-corrected chi connectivity index (χ4v) is 4.48. The molecule has 0 spiro atoms. The van der Waals surface area contributed by atoms with Gasteiger partial charge in [-0.2, -0.15) is 0 Å². The first-order valence-electron chi connectivity index (χ1n) is 9.09. The van der Waals surface area contributed by atoms with Crippen molar-refractivity contribution in [3.63, 3.8) is 0 Å². The van der Waals surface area contributed by atoms with Gasteiger partial charge in [0.1, 0.15) is 13.2 Å². The molecule has 7 nitrogen and oxygen atoms in total. The second kappa shape index (κ2) is 10.4. The van der Waals surface area contributed by atoms with Crippen LogP contribution in [0.1, 0.15) is 18.1 Å². The van der Waals surface area contributed by atoms with Gasteiger partial charge in [-0.3, -0.25) is 19.3 Å². The van der Waals surface area contributed by atoms with Crippen LogP contribution in [-0.4, -0.2) is 40.3 Å². The summed E-state index contributed by atoms with van der Waals surface area (Å²) in [7, 11) is 0. The van der Waals surface area contributed by atoms with Crippen LogP contribution in [0.25, 0.3) is 6.08 Å². The van der Waals surface area contributed by atoms with Gasteiger partial charge >= 0.3 is 5.97 Å². The first-order valence-corrected chi connectivity index (χ1v) is 11.4. The number of ether oxygens (including phenoxy) is 2. The van der Waals surface area contributed by atoms with E-state index in [0.29, 0.717) is 52.0 Å². The van der Waals surface area contributed by atoms with E-state index in [-0.39, 0.29) is 4.91 Å². The molecule has 0 aromatic heterocycles. The van der Waals surface area contributed by atoms with Gasteiger partial charge in [0.25, 0.3) is 11.1 Å². The fraction of sp³-hybridized carbons (Fsp3) is 0.190. The quantitative estimate of drug-likeness (QED) is 0.349. The molecule has 0 saturated carbocycles. The van der Waals surface area contributed by atoms with Crippen molar-refractivity contribution < 1.29 is 29.0 Å². The van der Waals surface area contributed by atoms with E-state index in [2.05, 4.69) is 22.6 Å². The van der Waals surface area contributed by atoms with E-state index in [1.165, 1.54) is 0 Å². The first-order chi connectivity index (χ1) is 14.8. The van der Waals surface area contributed by atoms with Crippen LogP contribution in [0.2, 0.25) is 5.02 Å². The van der Waals surface area contributed by atoms with E-state index in [4.69, 9.17) is 26.2 Å². The molecule has 1 fully saturated rings. The Morgan fingerprint density at radius 2 is 1.94 bits per heavy atom. The lowest BCUT2D eigenvalue weighted by Gasteiger charge is -2.15. The van der Waals surface area contributed by atoms with Gasteiger partial charge in [-0.1, -0.05) is 23.7 Å². The minimum absolute atomic E-state index is 0.152. The van der Waals surface area contributed by atoms with Gasteiger partial charge in [0.05, 0.1) is 15.1 Å². The molecule has 2 aromatic carbocycles. The summed E-state index contributed by atoms with van der Waals surface area (Å²) in [6.45, 7) is 1.91. The molecule has 1 aliphatic heterocycles. The van der Waals surface area contributed by atoms with Gasteiger partial charge in [0.2, 0.25) is 0 Å². The molecule has 31 heavy (non-hydrogen) atoms. The van der Waals surface area contributed by atoms with E-state index < -0.39 is 23.7 Å². The fourth-order valence-electron chi connectivity index (χ4n) is 2.73. The van der Waals surface area contributed by atoms with Crippen LogP contribution < -0.4 is 9.47 Å². The number of nitrogens with zero attached hydrogens (tertiary/aromatic N) is 1. The Balaban J connectivity index is 1.85. The summed E-state index contributed by atoms with van der Waals surface area (Å²) in [5.41, 5.74) is 1.58. The predicted molar refractivity (Wildman–Crippen MR) is 126 cm³/mol. The minimum atomic E-state index is -1.25. The number of carbonyl (C=O) groups is 3. The standard InChI is InChI=1S/C21H17ClINO6S/c1-2-29-16-8-13(9-17-20(27)24(10-18(25)26)21(28)31-17)7-15(23)19(16)30-11-12-3-5-14(22)6-4-12/h3-9H,2,10-11H2,1H3,(H,25,26)/b17-9+. The Morgan fingerprint density at radius 1 is 1.23 bits per heavy atom. The summed E-state index contributed by atoms with van der Waals surface area (Å²) in [6.07, 6.45) is 1.54. The number of amides is 2. The molecular weight excluding hydrogens is 557 g/mol. The number of aliphatic carboxylic acids is 1. The molecule has 2 amide bonds. The normalized spacial score (nSPS) is 14.9. The first kappa shape index (κ1) is 23.4. The van der Waals surface area contributed by atoms with Crippen molar-refractivity contribution in [1.29, 1.82) is 0 Å². The lowest BCUT2D eigenvalue weighted by atomic mass is 10.1. The lowest BCUT2D eigenvalue weighted by Crippen LogP contribution is -2.33. The summed E-state index contributed by atoms with van der Waals surface area (Å²) in [5, 5.41) is 8.92. The third-order valence-corrected chi connectivity index (χ3v) is 6.05. The molecule has 0 unspecified atom stereocenters. The molecule has 0 bridgehead atoms. The molecular formula is C21H17ClINO6S. The van der Waals surface area contributed by atoms with Gasteiger partial charge in [0.15, 0.2) is 11.5 Å². The molecule has 1 heterocycles. The van der Waals surface area contributed by atoms with Crippen LogP contribution in [0.15, 0.2) is 41.3 Å². The second-order valence-electron chi connectivity index (χ2n) is 6.34. The Labute approximate surface area is 201 Å². The number of imide groups is 1. The molecule has 0 aliphatic carbocycles. The van der Waals surface area contributed by atoms with Crippen LogP contribution in [-0.2, 0) is 16.2 Å². The maximum atomic E-state index is 12.4. The highest BCUT2D eigenvalue weighted by molar-refractivity contribution is 14.1. The molecule has 2 aromatic rings. The van der Waals surface area contributed by atoms with Gasteiger partial charge < -0.3 is 14.6 Å². The third kappa shape index (κ3) is 5.92. The second-order valence-corrected chi connectivity index (χ2v) is 8.93. The van der Waals surface area contributed by atoms with E-state index >= 15 is 0 Å². The topological polar surface area (TPSA) is 93.1 Å². The van der Waals surface area contributed by atoms with Crippen molar-refractivity contribution >= 4 is 69.1 Å². The molecule has 1 saturated heterocycles. The molecule has 1 aliphatic rings. The number of rotatable bonds is 8. The molecule has 0 atom stereocenters. The summed E-state index contributed by atoms with van der Waals surface area (Å²) in [4.78, 5) is 36.1. The number of carbonyl (C=O) groups excluding carboxylic acids is 2. The number of benzene rings is 2. The number of hydrogen-bond donors (Lipinski definition) is 1. The highest BCUT2D eigenvalue weighted by Crippen LogP contribution is 2.37. The van der Waals surface area contributed by atoms with Gasteiger partial charge in [-0.05, 0) is 82.7 Å². The Kier molecular flexibility index (Phi) is 7.84. The number of thioether (sulfide) groups is 1. The number of carboxylic acids is 1. The Morgan fingerprint density at radius 3 is 2.58 bits per heavy atom. The third-order valence-electron chi connectivity index (χ3n) is 4.09. The SMILES string of the molecule is CCOc1cc(/C=C2/SC(=O)N(CC(=O)O)C2=O)cc(I)c1OCc1ccc(Cl)cc1. The lowest BCUT2D eigenvalue weighted by molar-refractivity contribution is -0.140. The zero-order valence-corrected chi connectivity index (χ0v) is 20.0. The summed E-state index contributed by atoms with van der Waals surface area (Å²) in [5.74, 6) is -0.819. The van der Waals surface area contributed by atoms with Crippen LogP contribution in [0.4, 0.5) is 4.79 Å². The van der Waals surface area contributed by atoms with Crippen molar-refractivity contribution in [2.45, 2.75) is 13.5 Å². The van der Waals surface area contributed by atoms with E-state index in [1.807, 2.05) is 19.1 Å². The van der Waals surface area contributed by atoms with Crippen LogP contribution in [0, 0.1) is 3.57 Å². The average molecular weight is 574 g/mol. The number of halogens is 2. The molecule has 0 radical (unpaired) electrons. The van der Waals surface area contributed by atoms with Crippen LogP contribution in [0.5, 0.6) is 11.5 Å². The highest BCUT2D eigenvalue weighted by atomic mass is 127. The van der Waals surface area contributed by atoms with Crippen molar-refractivity contribution in [2.75, 3.05) is 13.2 Å². The van der Waals surface area contributed by atoms with Crippen LogP contribution >= 0.6 is 46.0 Å². The maximum Gasteiger partial charge on any atom is 0.323 e. The minimum Gasteiger partial charge on any atom is -0.490 e. The monoisotopic (exact) mass is 573 g/mol. The van der Waals surface area contributed by atoms with Gasteiger partial charge in [-0.15, -0.1) is 0 Å². The largest absolute Gasteiger partial charge is 0.490 e. The number of hydrogen-bond acceptors (Lipinski definition) is 6. The zero-order valence-electron chi connectivity index (χ0n) is 16.3. The van der Waals surface area contributed by atoms with Gasteiger partial charge in [0, 0.05) is 5.02 Å². The molecule has 3 rings (SSSR count). The van der Waals surface area contributed by atoms with Crippen molar-refractivity contribution in [3.05, 3.63) is 61.0 Å². The zero-order chi connectivity index (χ0) is 22.5. The Hall–Kier alpha value is -2.24. The van der Waals surface area contributed by atoms with Crippen molar-refractivity contribution in [2.24, 2.45) is 0 Å². The van der Waals surface area contributed by atoms with Crippen LogP contribution in [0.3, 0.4) is 0 Å². The van der Waals surface area contributed by atoms with E-state index in [0.717, 1.165) is 9.13 Å². The Bertz CT molecular complexity index is 1060. The van der Waals surface area contributed by atoms with Gasteiger partial charge in [-0.25, -0.2) is 0 Å². The van der Waals surface area contributed by atoms with E-state index in [1.54, 1.807) is 30.3 Å². The summed E-state index contributed by atoms with van der Waals surface area (Å²) >= 11 is 8.73. The average Bonchev–Trinajstić information content (AvgIpc) is 2.96. The predicted octanol–water partition coefficient (Wildman–Crippen LogP) is 5.04. The molecule has 1 N–H and O–H groups in total.